The number of imidazole rings is 1. The number of benzene rings is 1. The molecule has 1 amide bonds. The first-order valence-electron chi connectivity index (χ1n) is 9.23. The number of carbonyl (C=O) groups is 1. The second kappa shape index (κ2) is 7.80. The van der Waals surface area contributed by atoms with Crippen LogP contribution in [0.2, 0.25) is 0 Å². The summed E-state index contributed by atoms with van der Waals surface area (Å²) in [7, 11) is 3.78. The van der Waals surface area contributed by atoms with Crippen molar-refractivity contribution in [1.82, 2.24) is 24.8 Å². The van der Waals surface area contributed by atoms with Gasteiger partial charge in [0, 0.05) is 31.7 Å². The van der Waals surface area contributed by atoms with Crippen LogP contribution in [0.4, 0.5) is 10.6 Å². The summed E-state index contributed by atoms with van der Waals surface area (Å²) in [6.45, 7) is 0.176. The van der Waals surface area contributed by atoms with E-state index >= 15 is 0 Å². The monoisotopic (exact) mass is 394 g/mol. The maximum atomic E-state index is 11.6. The van der Waals surface area contributed by atoms with Crippen molar-refractivity contribution in [3.63, 3.8) is 0 Å². The number of hydrogen-bond donors (Lipinski definition) is 4. The first kappa shape index (κ1) is 18.8. The van der Waals surface area contributed by atoms with Gasteiger partial charge in [-0.15, -0.1) is 0 Å². The van der Waals surface area contributed by atoms with Gasteiger partial charge in [0.15, 0.2) is 5.82 Å². The summed E-state index contributed by atoms with van der Waals surface area (Å²) in [5.41, 5.74) is 5.32. The Balaban J connectivity index is 1.66. The van der Waals surface area contributed by atoms with Crippen molar-refractivity contribution in [2.24, 2.45) is 7.05 Å². The van der Waals surface area contributed by atoms with Gasteiger partial charge >= 0.3 is 6.09 Å². The van der Waals surface area contributed by atoms with Crippen LogP contribution in [-0.2, 0) is 18.4 Å². The summed E-state index contributed by atoms with van der Waals surface area (Å²) in [5.74, 6) is 0.720. The van der Waals surface area contributed by atoms with Gasteiger partial charge in [-0.05, 0) is 23.3 Å². The van der Waals surface area contributed by atoms with Crippen molar-refractivity contribution >= 4 is 34.0 Å². The molecule has 9 heteroatoms. The highest BCUT2D eigenvalue weighted by molar-refractivity contribution is 6.07. The fraction of sp³-hybridized carbons (Fsp3) is 0.250. The van der Waals surface area contributed by atoms with E-state index in [-0.39, 0.29) is 19.8 Å². The molecule has 0 aliphatic carbocycles. The number of H-pyrrole nitrogens is 1. The fourth-order valence-electron chi connectivity index (χ4n) is 3.31. The smallest absolute Gasteiger partial charge is 0.407 e. The zero-order chi connectivity index (χ0) is 20.4. The van der Waals surface area contributed by atoms with Crippen LogP contribution in [0.1, 0.15) is 5.56 Å². The molecule has 0 fully saturated rings. The molecular weight excluding hydrogens is 372 g/mol. The van der Waals surface area contributed by atoms with E-state index in [1.54, 1.807) is 6.33 Å². The third-order valence-corrected chi connectivity index (χ3v) is 4.66. The predicted molar refractivity (Wildman–Crippen MR) is 111 cm³/mol. The number of pyridine rings is 1. The van der Waals surface area contributed by atoms with Crippen LogP contribution in [0.25, 0.3) is 33.3 Å². The molecule has 4 rings (SSSR count). The van der Waals surface area contributed by atoms with Crippen LogP contribution < -0.4 is 10.6 Å². The molecule has 4 aromatic rings. The Morgan fingerprint density at radius 3 is 3.00 bits per heavy atom. The molecule has 0 aliphatic heterocycles. The van der Waals surface area contributed by atoms with Gasteiger partial charge in [-0.25, -0.2) is 14.8 Å². The molecule has 0 atom stereocenters. The normalized spacial score (nSPS) is 11.1. The molecule has 0 aliphatic rings. The van der Waals surface area contributed by atoms with Crippen LogP contribution in [-0.4, -0.2) is 50.9 Å². The van der Waals surface area contributed by atoms with Crippen LogP contribution in [0.15, 0.2) is 36.7 Å². The Bertz CT molecular complexity index is 1180. The molecule has 4 N–H and O–H groups in total. The Morgan fingerprint density at radius 1 is 1.34 bits per heavy atom. The van der Waals surface area contributed by atoms with E-state index in [4.69, 9.17) is 9.84 Å². The van der Waals surface area contributed by atoms with Gasteiger partial charge in [-0.2, -0.15) is 0 Å². The van der Waals surface area contributed by atoms with Crippen molar-refractivity contribution in [1.29, 1.82) is 0 Å². The topological polar surface area (TPSA) is 117 Å². The van der Waals surface area contributed by atoms with Crippen molar-refractivity contribution in [2.75, 3.05) is 25.5 Å². The van der Waals surface area contributed by atoms with E-state index in [1.165, 1.54) is 0 Å². The standard InChI is InChI=1S/C20H22N6O3/c1-21-19-16-17(26(2)11-23-16)14-9-15(24-18(14)25-19)13-5-3-4-12(8-13)10-29-20(28)22-6-7-27/h3-5,8-9,11,27H,6-7,10H2,1-2H3,(H,22,28)(H2,21,24,25). The van der Waals surface area contributed by atoms with Gasteiger partial charge in [0.2, 0.25) is 0 Å². The van der Waals surface area contributed by atoms with Gasteiger partial charge in [0.25, 0.3) is 0 Å². The Morgan fingerprint density at radius 2 is 2.21 bits per heavy atom. The fourth-order valence-corrected chi connectivity index (χ4v) is 3.31. The lowest BCUT2D eigenvalue weighted by Crippen LogP contribution is -2.26. The summed E-state index contributed by atoms with van der Waals surface area (Å²) in [6, 6.07) is 9.81. The quantitative estimate of drug-likeness (QED) is 0.399. The average Bonchev–Trinajstić information content (AvgIpc) is 3.33. The summed E-state index contributed by atoms with van der Waals surface area (Å²) >= 11 is 0. The van der Waals surface area contributed by atoms with Gasteiger partial charge < -0.3 is 30.0 Å². The van der Waals surface area contributed by atoms with Crippen molar-refractivity contribution < 1.29 is 14.6 Å². The zero-order valence-corrected chi connectivity index (χ0v) is 16.2. The molecule has 0 spiro atoms. The Hall–Kier alpha value is -3.59. The first-order valence-corrected chi connectivity index (χ1v) is 9.23. The van der Waals surface area contributed by atoms with E-state index in [0.29, 0.717) is 0 Å². The largest absolute Gasteiger partial charge is 0.445 e. The number of carbonyl (C=O) groups excluding carboxylic acids is 1. The number of alkyl carbamates (subject to hydrolysis) is 1. The zero-order valence-electron chi connectivity index (χ0n) is 16.2. The summed E-state index contributed by atoms with van der Waals surface area (Å²) in [6.07, 6.45) is 1.22. The van der Waals surface area contributed by atoms with E-state index < -0.39 is 6.09 Å². The summed E-state index contributed by atoms with van der Waals surface area (Å²) in [5, 5.41) is 15.3. The first-order chi connectivity index (χ1) is 14.1. The molecule has 9 nitrogen and oxygen atoms in total. The predicted octanol–water partition coefficient (Wildman–Crippen LogP) is 2.38. The number of rotatable bonds is 6. The Labute approximate surface area is 166 Å². The maximum Gasteiger partial charge on any atom is 0.407 e. The molecule has 0 saturated heterocycles. The second-order valence-electron chi connectivity index (χ2n) is 6.64. The van der Waals surface area contributed by atoms with Crippen molar-refractivity contribution in [2.45, 2.75) is 6.61 Å². The lowest BCUT2D eigenvalue weighted by atomic mass is 10.1. The minimum absolute atomic E-state index is 0.127. The number of nitrogens with one attached hydrogen (secondary N) is 3. The molecule has 3 heterocycles. The lowest BCUT2D eigenvalue weighted by Gasteiger charge is -2.07. The third-order valence-electron chi connectivity index (χ3n) is 4.66. The van der Waals surface area contributed by atoms with Crippen molar-refractivity contribution in [3.05, 3.63) is 42.2 Å². The molecule has 29 heavy (non-hydrogen) atoms. The van der Waals surface area contributed by atoms with E-state index in [1.807, 2.05) is 42.9 Å². The van der Waals surface area contributed by atoms with E-state index in [2.05, 4.69) is 31.7 Å². The van der Waals surface area contributed by atoms with Crippen LogP contribution in [0.5, 0.6) is 0 Å². The highest BCUT2D eigenvalue weighted by Crippen LogP contribution is 2.31. The number of nitrogens with zero attached hydrogens (tertiary/aromatic N) is 3. The molecule has 3 aromatic heterocycles. The SMILES string of the molecule is CNc1nc2[nH]c(-c3cccc(COC(=O)NCCO)c3)cc2c2c1ncn2C. The molecule has 0 unspecified atom stereocenters. The molecular formula is C20H22N6O3. The lowest BCUT2D eigenvalue weighted by molar-refractivity contribution is 0.137. The third kappa shape index (κ3) is 3.59. The van der Waals surface area contributed by atoms with Crippen molar-refractivity contribution in [3.8, 4) is 11.3 Å². The molecule has 1 aromatic carbocycles. The highest BCUT2D eigenvalue weighted by atomic mass is 16.5. The summed E-state index contributed by atoms with van der Waals surface area (Å²) in [4.78, 5) is 24.0. The van der Waals surface area contributed by atoms with Gasteiger partial charge in [-0.1, -0.05) is 18.2 Å². The van der Waals surface area contributed by atoms with Gasteiger partial charge in [-0.3, -0.25) is 0 Å². The number of aliphatic hydroxyl groups excluding tert-OH is 1. The number of aryl methyl sites for hydroxylation is 1. The van der Waals surface area contributed by atoms with E-state index in [9.17, 15) is 4.79 Å². The second-order valence-corrected chi connectivity index (χ2v) is 6.64. The number of aromatic nitrogens is 4. The number of aromatic amines is 1. The van der Waals surface area contributed by atoms with Crippen LogP contribution in [0.3, 0.4) is 0 Å². The maximum absolute atomic E-state index is 11.6. The number of aliphatic hydroxyl groups is 1. The number of fused-ring (bicyclic) bond motifs is 3. The Kier molecular flexibility index (Phi) is 5.05. The molecule has 150 valence electrons. The highest BCUT2D eigenvalue weighted by Gasteiger charge is 2.15. The van der Waals surface area contributed by atoms with Gasteiger partial charge in [0.05, 0.1) is 18.5 Å². The number of anilines is 1. The van der Waals surface area contributed by atoms with Gasteiger partial charge in [0.1, 0.15) is 17.8 Å². The summed E-state index contributed by atoms with van der Waals surface area (Å²) < 4.78 is 7.15. The molecule has 0 saturated carbocycles. The number of hydrogen-bond acceptors (Lipinski definition) is 6. The number of ether oxygens (including phenoxy) is 1. The molecule has 0 bridgehead atoms. The minimum atomic E-state index is -0.558. The van der Waals surface area contributed by atoms with E-state index in [0.717, 1.165) is 44.7 Å². The average molecular weight is 394 g/mol. The molecule has 0 radical (unpaired) electrons. The number of amides is 1. The minimum Gasteiger partial charge on any atom is -0.445 e. The van der Waals surface area contributed by atoms with Crippen LogP contribution >= 0.6 is 0 Å². The van der Waals surface area contributed by atoms with Crippen LogP contribution in [0, 0.1) is 0 Å².